The summed E-state index contributed by atoms with van der Waals surface area (Å²) in [6.07, 6.45) is 1.47. The number of aromatic nitrogens is 2. The summed E-state index contributed by atoms with van der Waals surface area (Å²) in [5.74, 6) is 1.17. The van der Waals surface area contributed by atoms with E-state index in [1.165, 1.54) is 6.20 Å². The first kappa shape index (κ1) is 10.9. The molecule has 0 atom stereocenters. The van der Waals surface area contributed by atoms with E-state index in [4.69, 9.17) is 4.74 Å². The Hall–Kier alpha value is -1.62. The third-order valence-electron chi connectivity index (χ3n) is 2.12. The molecule has 0 aliphatic heterocycles. The Bertz CT molecular complexity index is 566. The quantitative estimate of drug-likeness (QED) is 0.918. The molecule has 0 radical (unpaired) electrons. The van der Waals surface area contributed by atoms with Gasteiger partial charge in [0.05, 0.1) is 12.7 Å². The molecule has 0 aliphatic carbocycles. The fourth-order valence-electron chi connectivity index (χ4n) is 1.36. The van der Waals surface area contributed by atoms with Crippen LogP contribution in [0.1, 0.15) is 0 Å². The lowest BCUT2D eigenvalue weighted by Crippen LogP contribution is -2.09. The van der Waals surface area contributed by atoms with Gasteiger partial charge in [0.1, 0.15) is 16.0 Å². The van der Waals surface area contributed by atoms with E-state index in [0.717, 1.165) is 5.56 Å². The molecule has 5 heteroatoms. The standard InChI is InChI=1S/C11H9BrN2O2/c1-16-9-5-3-2-4-7(9)10-13-6-8(12)11(15)14-10/h2-6H,1H3,(H,13,14,15). The third-order valence-corrected chi connectivity index (χ3v) is 2.68. The van der Waals surface area contributed by atoms with Crippen molar-refractivity contribution in [2.24, 2.45) is 0 Å². The van der Waals surface area contributed by atoms with E-state index in [1.54, 1.807) is 7.11 Å². The van der Waals surface area contributed by atoms with Crippen LogP contribution in [0.4, 0.5) is 0 Å². The average Bonchev–Trinajstić information content (AvgIpc) is 2.32. The number of methoxy groups -OCH3 is 1. The zero-order valence-corrected chi connectivity index (χ0v) is 10.1. The summed E-state index contributed by atoms with van der Waals surface area (Å²) in [5, 5.41) is 0. The Morgan fingerprint density at radius 3 is 2.81 bits per heavy atom. The lowest BCUT2D eigenvalue weighted by atomic mass is 10.2. The normalized spacial score (nSPS) is 10.1. The van der Waals surface area contributed by atoms with Gasteiger partial charge in [0.25, 0.3) is 5.56 Å². The molecule has 0 fully saturated rings. The molecular formula is C11H9BrN2O2. The van der Waals surface area contributed by atoms with Crippen molar-refractivity contribution < 1.29 is 4.74 Å². The maximum absolute atomic E-state index is 11.4. The number of ether oxygens (including phenoxy) is 1. The van der Waals surface area contributed by atoms with Crippen molar-refractivity contribution in [1.29, 1.82) is 0 Å². The summed E-state index contributed by atoms with van der Waals surface area (Å²) >= 11 is 3.10. The molecule has 0 aliphatic rings. The van der Waals surface area contributed by atoms with Gasteiger partial charge >= 0.3 is 0 Å². The molecule has 0 saturated carbocycles. The summed E-state index contributed by atoms with van der Waals surface area (Å²) in [5.41, 5.74) is 0.547. The minimum Gasteiger partial charge on any atom is -0.496 e. The minimum absolute atomic E-state index is 0.212. The number of H-pyrrole nitrogens is 1. The van der Waals surface area contributed by atoms with E-state index in [1.807, 2.05) is 24.3 Å². The number of hydrogen-bond donors (Lipinski definition) is 1. The van der Waals surface area contributed by atoms with E-state index in [2.05, 4.69) is 25.9 Å². The lowest BCUT2D eigenvalue weighted by molar-refractivity contribution is 0.416. The number of aromatic amines is 1. The Morgan fingerprint density at radius 1 is 1.38 bits per heavy atom. The molecular weight excluding hydrogens is 272 g/mol. The van der Waals surface area contributed by atoms with E-state index < -0.39 is 0 Å². The van der Waals surface area contributed by atoms with Crippen LogP contribution in [0.15, 0.2) is 39.7 Å². The number of nitrogens with one attached hydrogen (secondary N) is 1. The molecule has 0 amide bonds. The second kappa shape index (κ2) is 4.49. The van der Waals surface area contributed by atoms with Gasteiger partial charge in [-0.2, -0.15) is 0 Å². The second-order valence-electron chi connectivity index (χ2n) is 3.11. The highest BCUT2D eigenvalue weighted by Gasteiger charge is 2.07. The van der Waals surface area contributed by atoms with Crippen LogP contribution < -0.4 is 10.3 Å². The van der Waals surface area contributed by atoms with Gasteiger partial charge in [-0.25, -0.2) is 4.98 Å². The van der Waals surface area contributed by atoms with Crippen LogP contribution in [0.2, 0.25) is 0 Å². The molecule has 82 valence electrons. The van der Waals surface area contributed by atoms with Crippen LogP contribution in [0, 0.1) is 0 Å². The Labute approximate surface area is 100 Å². The van der Waals surface area contributed by atoms with Gasteiger partial charge in [-0.1, -0.05) is 12.1 Å². The molecule has 0 spiro atoms. The van der Waals surface area contributed by atoms with E-state index in [-0.39, 0.29) is 5.56 Å². The third kappa shape index (κ3) is 1.99. The molecule has 0 saturated heterocycles. The number of nitrogens with zero attached hydrogens (tertiary/aromatic N) is 1. The van der Waals surface area contributed by atoms with Gasteiger partial charge in [0.15, 0.2) is 0 Å². The number of hydrogen-bond acceptors (Lipinski definition) is 3. The number of para-hydroxylation sites is 1. The summed E-state index contributed by atoms with van der Waals surface area (Å²) < 4.78 is 5.60. The first-order valence-electron chi connectivity index (χ1n) is 4.60. The predicted molar refractivity (Wildman–Crippen MR) is 64.5 cm³/mol. The van der Waals surface area contributed by atoms with Gasteiger partial charge in [0.2, 0.25) is 0 Å². The highest BCUT2D eigenvalue weighted by atomic mass is 79.9. The fourth-order valence-corrected chi connectivity index (χ4v) is 1.56. The zero-order valence-electron chi connectivity index (χ0n) is 8.53. The van der Waals surface area contributed by atoms with Crippen LogP contribution in [0.3, 0.4) is 0 Å². The van der Waals surface area contributed by atoms with Crippen LogP contribution in [0.25, 0.3) is 11.4 Å². The Kier molecular flexibility index (Phi) is 3.05. The predicted octanol–water partition coefficient (Wildman–Crippen LogP) is 2.21. The Balaban J connectivity index is 2.58. The highest BCUT2D eigenvalue weighted by Crippen LogP contribution is 2.25. The van der Waals surface area contributed by atoms with Gasteiger partial charge in [-0.15, -0.1) is 0 Å². The maximum atomic E-state index is 11.4. The minimum atomic E-state index is -0.212. The van der Waals surface area contributed by atoms with Crippen molar-refractivity contribution in [2.45, 2.75) is 0 Å². The number of halogens is 1. The zero-order chi connectivity index (χ0) is 11.5. The fraction of sp³-hybridized carbons (Fsp3) is 0.0909. The molecule has 2 rings (SSSR count). The Morgan fingerprint density at radius 2 is 2.12 bits per heavy atom. The van der Waals surface area contributed by atoms with Crippen molar-refractivity contribution in [3.8, 4) is 17.1 Å². The van der Waals surface area contributed by atoms with Crippen molar-refractivity contribution in [3.63, 3.8) is 0 Å². The first-order chi connectivity index (χ1) is 7.72. The molecule has 1 N–H and O–H groups in total. The van der Waals surface area contributed by atoms with Crippen LogP contribution in [-0.4, -0.2) is 17.1 Å². The molecule has 2 aromatic rings. The van der Waals surface area contributed by atoms with Crippen molar-refractivity contribution in [2.75, 3.05) is 7.11 Å². The second-order valence-corrected chi connectivity index (χ2v) is 3.96. The van der Waals surface area contributed by atoms with Gasteiger partial charge in [-0.05, 0) is 28.1 Å². The molecule has 0 bridgehead atoms. The SMILES string of the molecule is COc1ccccc1-c1ncc(Br)c(=O)[nH]1. The van der Waals surface area contributed by atoms with Crippen molar-refractivity contribution in [3.05, 3.63) is 45.3 Å². The summed E-state index contributed by atoms with van der Waals surface area (Å²) in [4.78, 5) is 18.2. The number of benzene rings is 1. The van der Waals surface area contributed by atoms with E-state index >= 15 is 0 Å². The van der Waals surface area contributed by atoms with Crippen LogP contribution in [-0.2, 0) is 0 Å². The van der Waals surface area contributed by atoms with E-state index in [0.29, 0.717) is 16.0 Å². The molecule has 1 heterocycles. The largest absolute Gasteiger partial charge is 0.496 e. The molecule has 4 nitrogen and oxygen atoms in total. The monoisotopic (exact) mass is 280 g/mol. The molecule has 1 aromatic heterocycles. The van der Waals surface area contributed by atoms with Crippen LogP contribution in [0.5, 0.6) is 5.75 Å². The lowest BCUT2D eigenvalue weighted by Gasteiger charge is -2.06. The number of rotatable bonds is 2. The van der Waals surface area contributed by atoms with Gasteiger partial charge in [-0.3, -0.25) is 4.79 Å². The van der Waals surface area contributed by atoms with E-state index in [9.17, 15) is 4.79 Å². The maximum Gasteiger partial charge on any atom is 0.265 e. The summed E-state index contributed by atoms with van der Waals surface area (Å²) in [6, 6.07) is 7.38. The van der Waals surface area contributed by atoms with Crippen molar-refractivity contribution >= 4 is 15.9 Å². The smallest absolute Gasteiger partial charge is 0.265 e. The van der Waals surface area contributed by atoms with Gasteiger partial charge < -0.3 is 9.72 Å². The molecule has 16 heavy (non-hydrogen) atoms. The average molecular weight is 281 g/mol. The summed E-state index contributed by atoms with van der Waals surface area (Å²) in [6.45, 7) is 0. The first-order valence-corrected chi connectivity index (χ1v) is 5.40. The van der Waals surface area contributed by atoms with Gasteiger partial charge in [0, 0.05) is 6.20 Å². The van der Waals surface area contributed by atoms with Crippen LogP contribution >= 0.6 is 15.9 Å². The summed E-state index contributed by atoms with van der Waals surface area (Å²) in [7, 11) is 1.58. The molecule has 1 aromatic carbocycles. The molecule has 0 unspecified atom stereocenters. The van der Waals surface area contributed by atoms with Crippen molar-refractivity contribution in [1.82, 2.24) is 9.97 Å². The topological polar surface area (TPSA) is 55.0 Å². The highest BCUT2D eigenvalue weighted by molar-refractivity contribution is 9.10.